The molecular weight excluding hydrogens is 639 g/mol. The molecule has 5 rings (SSSR count). The van der Waals surface area contributed by atoms with Gasteiger partial charge in [-0.15, -0.1) is 23.1 Å². The fourth-order valence-electron chi connectivity index (χ4n) is 4.19. The van der Waals surface area contributed by atoms with Gasteiger partial charge in [0.25, 0.3) is 17.5 Å². The van der Waals surface area contributed by atoms with Crippen LogP contribution in [-0.4, -0.2) is 40.5 Å². The Balaban J connectivity index is 1.23. The lowest BCUT2D eigenvalue weighted by atomic mass is 10.1. The van der Waals surface area contributed by atoms with Gasteiger partial charge in [-0.3, -0.25) is 24.5 Å². The number of non-ortho nitro benzene ring substituents is 1. The van der Waals surface area contributed by atoms with E-state index in [-0.39, 0.29) is 23.0 Å². The number of nitrogens with one attached hydrogen (secondary N) is 3. The highest BCUT2D eigenvalue weighted by Gasteiger charge is 2.16. The highest BCUT2D eigenvalue weighted by Crippen LogP contribution is 2.27. The molecule has 0 radical (unpaired) electrons. The number of rotatable bonds is 12. The van der Waals surface area contributed by atoms with Crippen molar-refractivity contribution in [1.29, 1.82) is 0 Å². The van der Waals surface area contributed by atoms with Crippen LogP contribution in [-0.2, 0) is 9.59 Å². The van der Waals surface area contributed by atoms with Crippen molar-refractivity contribution < 1.29 is 24.0 Å². The van der Waals surface area contributed by atoms with Crippen LogP contribution in [0.25, 0.3) is 17.3 Å². The van der Waals surface area contributed by atoms with Gasteiger partial charge in [0.1, 0.15) is 11.4 Å². The van der Waals surface area contributed by atoms with E-state index in [2.05, 4.69) is 20.9 Å². The van der Waals surface area contributed by atoms with Crippen molar-refractivity contribution in [1.82, 2.24) is 10.3 Å². The Morgan fingerprint density at radius 1 is 0.936 bits per heavy atom. The van der Waals surface area contributed by atoms with Gasteiger partial charge >= 0.3 is 0 Å². The van der Waals surface area contributed by atoms with Gasteiger partial charge in [-0.1, -0.05) is 24.3 Å². The molecule has 1 aromatic heterocycles. The second-order valence-electron chi connectivity index (χ2n) is 9.81. The number of anilines is 2. The highest BCUT2D eigenvalue weighted by molar-refractivity contribution is 8.00. The van der Waals surface area contributed by atoms with Gasteiger partial charge in [0, 0.05) is 39.2 Å². The van der Waals surface area contributed by atoms with E-state index in [4.69, 9.17) is 4.74 Å². The van der Waals surface area contributed by atoms with E-state index in [9.17, 15) is 24.5 Å². The molecule has 0 fully saturated rings. The maximum Gasteiger partial charge on any atom is 0.272 e. The van der Waals surface area contributed by atoms with Crippen LogP contribution in [0.4, 0.5) is 16.5 Å². The number of carbonyl (C=O) groups excluding carboxylic acids is 3. The number of carbonyl (C=O) groups is 3. The predicted octanol–water partition coefficient (Wildman–Crippen LogP) is 6.87. The second-order valence-corrected chi connectivity index (χ2v) is 11.7. The van der Waals surface area contributed by atoms with E-state index >= 15 is 0 Å². The molecule has 0 aliphatic rings. The van der Waals surface area contributed by atoms with E-state index in [1.54, 1.807) is 55.6 Å². The summed E-state index contributed by atoms with van der Waals surface area (Å²) in [6.07, 6.45) is 1.43. The van der Waals surface area contributed by atoms with Crippen molar-refractivity contribution in [2.45, 2.75) is 4.90 Å². The number of methoxy groups -OCH3 is 1. The van der Waals surface area contributed by atoms with Gasteiger partial charge in [0.05, 0.1) is 23.5 Å². The molecule has 0 atom stereocenters. The minimum atomic E-state index is -0.607. The lowest BCUT2D eigenvalue weighted by molar-refractivity contribution is -0.384. The number of nitrogens with zero attached hydrogens (tertiary/aromatic N) is 2. The van der Waals surface area contributed by atoms with Crippen LogP contribution in [0.1, 0.15) is 15.9 Å². The molecular formula is C34H27N5O6S2. The number of thioether (sulfide) groups is 1. The minimum Gasteiger partial charge on any atom is -0.497 e. The van der Waals surface area contributed by atoms with Crippen LogP contribution in [0.2, 0.25) is 0 Å². The molecule has 236 valence electrons. The van der Waals surface area contributed by atoms with Crippen LogP contribution in [0.3, 0.4) is 0 Å². The Labute approximate surface area is 277 Å². The van der Waals surface area contributed by atoms with Gasteiger partial charge in [-0.25, -0.2) is 4.98 Å². The number of aromatic nitrogens is 1. The Morgan fingerprint density at radius 3 is 2.38 bits per heavy atom. The molecule has 47 heavy (non-hydrogen) atoms. The Bertz CT molecular complexity index is 1930. The lowest BCUT2D eigenvalue weighted by Gasteiger charge is -2.12. The molecule has 3 amide bonds. The number of ether oxygens (including phenoxy) is 1. The van der Waals surface area contributed by atoms with Crippen molar-refractivity contribution in [2.24, 2.45) is 0 Å². The molecule has 0 aliphatic heterocycles. The maximum absolute atomic E-state index is 13.4. The van der Waals surface area contributed by atoms with Crippen molar-refractivity contribution in [3.8, 4) is 17.0 Å². The average Bonchev–Trinajstić information content (AvgIpc) is 3.56. The maximum atomic E-state index is 13.4. The molecule has 0 unspecified atom stereocenters. The van der Waals surface area contributed by atoms with Crippen molar-refractivity contribution in [3.63, 3.8) is 0 Å². The van der Waals surface area contributed by atoms with Crippen LogP contribution in [0, 0.1) is 10.1 Å². The zero-order valence-electron chi connectivity index (χ0n) is 24.8. The summed E-state index contributed by atoms with van der Waals surface area (Å²) in [6.45, 7) is 0. The third-order valence-corrected chi connectivity index (χ3v) is 8.29. The summed E-state index contributed by atoms with van der Waals surface area (Å²) in [5, 5.41) is 21.6. The van der Waals surface area contributed by atoms with Gasteiger partial charge < -0.3 is 20.7 Å². The third-order valence-electron chi connectivity index (χ3n) is 6.54. The molecule has 0 aliphatic carbocycles. The third kappa shape index (κ3) is 9.12. The summed E-state index contributed by atoms with van der Waals surface area (Å²) >= 11 is 2.60. The number of hydrogen-bond acceptors (Lipinski definition) is 9. The smallest absolute Gasteiger partial charge is 0.272 e. The first-order valence-electron chi connectivity index (χ1n) is 14.0. The number of thiazole rings is 1. The van der Waals surface area contributed by atoms with Gasteiger partial charge in [-0.05, 0) is 78.4 Å². The van der Waals surface area contributed by atoms with Crippen molar-refractivity contribution in [2.75, 3.05) is 23.5 Å². The van der Waals surface area contributed by atoms with Crippen molar-refractivity contribution >= 4 is 63.4 Å². The van der Waals surface area contributed by atoms with Crippen molar-refractivity contribution in [3.05, 3.63) is 135 Å². The molecule has 0 saturated heterocycles. The molecule has 1 heterocycles. The molecule has 3 N–H and O–H groups in total. The van der Waals surface area contributed by atoms with E-state index in [0.717, 1.165) is 21.9 Å². The monoisotopic (exact) mass is 665 g/mol. The van der Waals surface area contributed by atoms with Crippen LogP contribution in [0.15, 0.2) is 119 Å². The molecule has 4 aromatic carbocycles. The molecule has 5 aromatic rings. The van der Waals surface area contributed by atoms with E-state index in [1.165, 1.54) is 53.4 Å². The average molecular weight is 666 g/mol. The largest absolute Gasteiger partial charge is 0.497 e. The first-order chi connectivity index (χ1) is 22.8. The minimum absolute atomic E-state index is 0.0670. The zero-order chi connectivity index (χ0) is 33.2. The van der Waals surface area contributed by atoms with E-state index < -0.39 is 16.7 Å². The predicted molar refractivity (Wildman–Crippen MR) is 184 cm³/mol. The molecule has 0 saturated carbocycles. The Hall–Kier alpha value is -5.79. The molecule has 0 bridgehead atoms. The van der Waals surface area contributed by atoms with Crippen LogP contribution in [0.5, 0.6) is 5.75 Å². The fourth-order valence-corrected chi connectivity index (χ4v) is 5.68. The number of nitro benzene ring substituents is 1. The summed E-state index contributed by atoms with van der Waals surface area (Å²) in [6, 6.07) is 28.4. The Kier molecular flexibility index (Phi) is 10.7. The van der Waals surface area contributed by atoms with Gasteiger partial charge in [0.2, 0.25) is 5.91 Å². The standard InChI is InChI=1S/C34H27N5O6S2/c1-45-27-16-12-23(13-17-27)30-20-47-34(37-30)38-31(40)21-46-28-9-5-8-25(19-28)35-33(42)29(36-32(41)24-6-3-2-4-7-24)18-22-10-14-26(15-11-22)39(43)44/h2-20H,21H2,1H3,(H,35,42)(H,36,41)(H,37,38,40)/b29-18+. The Morgan fingerprint density at radius 2 is 1.68 bits per heavy atom. The van der Waals surface area contributed by atoms with Crippen LogP contribution < -0.4 is 20.7 Å². The highest BCUT2D eigenvalue weighted by atomic mass is 32.2. The number of amides is 3. The van der Waals surface area contributed by atoms with E-state index in [0.29, 0.717) is 21.9 Å². The van der Waals surface area contributed by atoms with Gasteiger partial charge in [-0.2, -0.15) is 0 Å². The number of benzene rings is 4. The van der Waals surface area contributed by atoms with Gasteiger partial charge in [0.15, 0.2) is 5.13 Å². The molecule has 0 spiro atoms. The summed E-state index contributed by atoms with van der Waals surface area (Å²) in [5.41, 5.74) is 2.74. The SMILES string of the molecule is COc1ccc(-c2csc(NC(=O)CSc3cccc(NC(=O)/C(=C\c4ccc([N+](=O)[O-])cc4)NC(=O)c4ccccc4)c3)n2)cc1. The second kappa shape index (κ2) is 15.5. The molecule has 11 nitrogen and oxygen atoms in total. The van der Waals surface area contributed by atoms with Crippen LogP contribution >= 0.6 is 23.1 Å². The fraction of sp³-hybridized carbons (Fsp3) is 0.0588. The first kappa shape index (κ1) is 32.6. The quantitative estimate of drug-likeness (QED) is 0.0565. The van der Waals surface area contributed by atoms with E-state index in [1.807, 2.05) is 35.7 Å². The topological polar surface area (TPSA) is 153 Å². The normalized spacial score (nSPS) is 11.0. The summed E-state index contributed by atoms with van der Waals surface area (Å²) in [7, 11) is 1.60. The summed E-state index contributed by atoms with van der Waals surface area (Å²) < 4.78 is 5.19. The number of nitro groups is 1. The molecule has 13 heteroatoms. The number of hydrogen-bond donors (Lipinski definition) is 3. The zero-order valence-corrected chi connectivity index (χ0v) is 26.5. The summed E-state index contributed by atoms with van der Waals surface area (Å²) in [4.78, 5) is 54.7. The summed E-state index contributed by atoms with van der Waals surface area (Å²) in [5.74, 6) is -0.499. The first-order valence-corrected chi connectivity index (χ1v) is 15.9. The lowest BCUT2D eigenvalue weighted by Crippen LogP contribution is -2.30.